The van der Waals surface area contributed by atoms with Crippen LogP contribution < -0.4 is 21.3 Å². The standard InChI is InChI=1S/C30H36Cl2N4O4/c31-25-13-11-21(17-23(25)29(39)35-19-7-3-1-4-8-19)33-27(37)15-16-28(38)34-22-12-14-26(32)24(18-22)30(40)36-20-9-5-2-6-10-20/h11-14,17-20H,1-10,15-16H2,(H,33,37)(H,34,38)(H,35,39)(H,36,40). The van der Waals surface area contributed by atoms with Gasteiger partial charge in [0.05, 0.1) is 21.2 Å². The van der Waals surface area contributed by atoms with Gasteiger partial charge in [-0.05, 0) is 62.1 Å². The second kappa shape index (κ2) is 14.5. The second-order valence-corrected chi connectivity index (χ2v) is 11.4. The minimum Gasteiger partial charge on any atom is -0.349 e. The summed E-state index contributed by atoms with van der Waals surface area (Å²) < 4.78 is 0. The third-order valence-corrected chi connectivity index (χ3v) is 8.11. The lowest BCUT2D eigenvalue weighted by Crippen LogP contribution is -2.36. The average Bonchev–Trinajstić information content (AvgIpc) is 2.95. The summed E-state index contributed by atoms with van der Waals surface area (Å²) >= 11 is 12.5. The molecule has 4 rings (SSSR count). The molecule has 2 aliphatic rings. The summed E-state index contributed by atoms with van der Waals surface area (Å²) in [6, 6.07) is 9.74. The lowest BCUT2D eigenvalue weighted by atomic mass is 9.95. The summed E-state index contributed by atoms with van der Waals surface area (Å²) in [5.41, 5.74) is 1.45. The van der Waals surface area contributed by atoms with Crippen molar-refractivity contribution in [2.24, 2.45) is 0 Å². The van der Waals surface area contributed by atoms with Crippen LogP contribution in [0.15, 0.2) is 36.4 Å². The maximum atomic E-state index is 12.8. The van der Waals surface area contributed by atoms with Crippen molar-refractivity contribution in [2.45, 2.75) is 89.1 Å². The van der Waals surface area contributed by atoms with Crippen molar-refractivity contribution < 1.29 is 19.2 Å². The molecular formula is C30H36Cl2N4O4. The van der Waals surface area contributed by atoms with E-state index >= 15 is 0 Å². The molecule has 0 aliphatic heterocycles. The Hall–Kier alpha value is -3.10. The lowest BCUT2D eigenvalue weighted by Gasteiger charge is -2.23. The number of halogens is 2. The zero-order chi connectivity index (χ0) is 28.5. The maximum absolute atomic E-state index is 12.8. The number of rotatable bonds is 9. The highest BCUT2D eigenvalue weighted by molar-refractivity contribution is 6.34. The van der Waals surface area contributed by atoms with E-state index < -0.39 is 0 Å². The molecule has 2 aromatic carbocycles. The van der Waals surface area contributed by atoms with Crippen LogP contribution in [0.4, 0.5) is 11.4 Å². The molecule has 40 heavy (non-hydrogen) atoms. The molecule has 0 saturated heterocycles. The number of carbonyl (C=O) groups is 4. The predicted molar refractivity (Wildman–Crippen MR) is 158 cm³/mol. The minimum absolute atomic E-state index is 0.0688. The van der Waals surface area contributed by atoms with E-state index in [2.05, 4.69) is 21.3 Å². The van der Waals surface area contributed by atoms with E-state index in [0.29, 0.717) is 32.5 Å². The molecule has 8 nitrogen and oxygen atoms in total. The second-order valence-electron chi connectivity index (χ2n) is 10.6. The van der Waals surface area contributed by atoms with Crippen LogP contribution in [0.3, 0.4) is 0 Å². The van der Waals surface area contributed by atoms with Crippen molar-refractivity contribution in [3.8, 4) is 0 Å². The molecule has 0 spiro atoms. The van der Waals surface area contributed by atoms with Gasteiger partial charge in [0, 0.05) is 36.3 Å². The molecule has 0 unspecified atom stereocenters. The Morgan fingerprint density at radius 2 is 0.975 bits per heavy atom. The van der Waals surface area contributed by atoms with Crippen LogP contribution in [-0.4, -0.2) is 35.7 Å². The molecule has 2 saturated carbocycles. The van der Waals surface area contributed by atoms with Gasteiger partial charge in [0.2, 0.25) is 11.8 Å². The third-order valence-electron chi connectivity index (χ3n) is 7.45. The van der Waals surface area contributed by atoms with Crippen LogP contribution in [-0.2, 0) is 9.59 Å². The van der Waals surface area contributed by atoms with Crippen LogP contribution >= 0.6 is 23.2 Å². The first-order valence-corrected chi connectivity index (χ1v) is 14.8. The van der Waals surface area contributed by atoms with Gasteiger partial charge in [-0.2, -0.15) is 0 Å². The average molecular weight is 588 g/mol. The highest BCUT2D eigenvalue weighted by Gasteiger charge is 2.20. The van der Waals surface area contributed by atoms with Crippen molar-refractivity contribution in [3.63, 3.8) is 0 Å². The Bertz CT molecular complexity index is 1140. The van der Waals surface area contributed by atoms with E-state index in [-0.39, 0.29) is 48.6 Å². The Balaban J connectivity index is 1.27. The van der Waals surface area contributed by atoms with Crippen LogP contribution in [0.2, 0.25) is 10.0 Å². The van der Waals surface area contributed by atoms with Crippen molar-refractivity contribution in [1.82, 2.24) is 10.6 Å². The number of anilines is 2. The third kappa shape index (κ3) is 8.70. The van der Waals surface area contributed by atoms with Gasteiger partial charge < -0.3 is 21.3 Å². The maximum Gasteiger partial charge on any atom is 0.253 e. The Kier molecular flexibility index (Phi) is 10.8. The van der Waals surface area contributed by atoms with Gasteiger partial charge in [-0.3, -0.25) is 19.2 Å². The first kappa shape index (κ1) is 29.9. The van der Waals surface area contributed by atoms with Crippen molar-refractivity contribution in [1.29, 1.82) is 0 Å². The van der Waals surface area contributed by atoms with Crippen molar-refractivity contribution >= 4 is 58.2 Å². The SMILES string of the molecule is O=C(CCC(=O)Nc1ccc(Cl)c(C(=O)NC2CCCCC2)c1)Nc1ccc(Cl)c(C(=O)NC2CCCCC2)c1. The van der Waals surface area contributed by atoms with E-state index in [1.54, 1.807) is 36.4 Å². The number of hydrogen-bond acceptors (Lipinski definition) is 4. The number of carbonyl (C=O) groups excluding carboxylic acids is 4. The summed E-state index contributed by atoms with van der Waals surface area (Å²) in [6.45, 7) is 0. The molecule has 2 aliphatic carbocycles. The first-order chi connectivity index (χ1) is 19.3. The zero-order valence-electron chi connectivity index (χ0n) is 22.5. The fourth-order valence-corrected chi connectivity index (χ4v) is 5.65. The molecule has 2 aromatic rings. The Morgan fingerprint density at radius 3 is 1.35 bits per heavy atom. The van der Waals surface area contributed by atoms with E-state index in [1.807, 2.05) is 0 Å². The van der Waals surface area contributed by atoms with Gasteiger partial charge in [-0.1, -0.05) is 61.7 Å². The highest BCUT2D eigenvalue weighted by atomic mass is 35.5. The van der Waals surface area contributed by atoms with Gasteiger partial charge >= 0.3 is 0 Å². The topological polar surface area (TPSA) is 116 Å². The Labute approximate surface area is 244 Å². The predicted octanol–water partition coefficient (Wildman–Crippen LogP) is 6.48. The summed E-state index contributed by atoms with van der Waals surface area (Å²) in [7, 11) is 0. The van der Waals surface area contributed by atoms with E-state index in [4.69, 9.17) is 23.2 Å². The molecule has 0 atom stereocenters. The van der Waals surface area contributed by atoms with E-state index in [9.17, 15) is 19.2 Å². The highest BCUT2D eigenvalue weighted by Crippen LogP contribution is 2.25. The van der Waals surface area contributed by atoms with Crippen LogP contribution in [0.5, 0.6) is 0 Å². The van der Waals surface area contributed by atoms with Crippen molar-refractivity contribution in [3.05, 3.63) is 57.6 Å². The van der Waals surface area contributed by atoms with E-state index in [0.717, 1.165) is 51.4 Å². The van der Waals surface area contributed by atoms with Gasteiger partial charge in [-0.25, -0.2) is 0 Å². The smallest absolute Gasteiger partial charge is 0.253 e. The van der Waals surface area contributed by atoms with E-state index in [1.165, 1.54) is 12.8 Å². The summed E-state index contributed by atoms with van der Waals surface area (Å²) in [5, 5.41) is 12.1. The molecule has 0 radical (unpaired) electrons. The zero-order valence-corrected chi connectivity index (χ0v) is 24.0. The number of nitrogens with one attached hydrogen (secondary N) is 4. The van der Waals surface area contributed by atoms with Gasteiger partial charge in [-0.15, -0.1) is 0 Å². The molecule has 4 amide bonds. The van der Waals surface area contributed by atoms with Gasteiger partial charge in [0.25, 0.3) is 11.8 Å². The Morgan fingerprint density at radius 1 is 0.600 bits per heavy atom. The van der Waals surface area contributed by atoms with Gasteiger partial charge in [0.15, 0.2) is 0 Å². The summed E-state index contributed by atoms with van der Waals surface area (Å²) in [6.07, 6.45) is 10.4. The molecule has 4 N–H and O–H groups in total. The van der Waals surface area contributed by atoms with Crippen LogP contribution in [0, 0.1) is 0 Å². The molecule has 10 heteroatoms. The van der Waals surface area contributed by atoms with Crippen molar-refractivity contribution in [2.75, 3.05) is 10.6 Å². The summed E-state index contributed by atoms with van der Waals surface area (Å²) in [4.78, 5) is 50.6. The number of hydrogen-bond donors (Lipinski definition) is 4. The largest absolute Gasteiger partial charge is 0.349 e. The van der Waals surface area contributed by atoms with Crippen LogP contribution in [0.25, 0.3) is 0 Å². The molecule has 214 valence electrons. The quantitative estimate of drug-likeness (QED) is 0.269. The number of benzene rings is 2. The lowest BCUT2D eigenvalue weighted by molar-refractivity contribution is -0.121. The monoisotopic (exact) mass is 586 g/mol. The fraction of sp³-hybridized carbons (Fsp3) is 0.467. The molecule has 0 bridgehead atoms. The number of amides is 4. The summed E-state index contributed by atoms with van der Waals surface area (Å²) in [5.74, 6) is -1.27. The molecule has 0 heterocycles. The minimum atomic E-state index is -0.375. The normalized spacial score (nSPS) is 16.1. The molecule has 2 fully saturated rings. The fourth-order valence-electron chi connectivity index (χ4n) is 5.25. The molecule has 0 aromatic heterocycles. The van der Waals surface area contributed by atoms with Gasteiger partial charge in [0.1, 0.15) is 0 Å². The first-order valence-electron chi connectivity index (χ1n) is 14.1. The van der Waals surface area contributed by atoms with Crippen LogP contribution in [0.1, 0.15) is 97.8 Å². The molecular weight excluding hydrogens is 551 g/mol.